The monoisotopic (exact) mass is 579 g/mol. The van der Waals surface area contributed by atoms with Gasteiger partial charge in [0, 0.05) is 44.1 Å². The summed E-state index contributed by atoms with van der Waals surface area (Å²) in [6.07, 6.45) is 14.8. The molecule has 1 aromatic rings. The van der Waals surface area contributed by atoms with E-state index < -0.39 is 27.4 Å². The normalized spacial score (nSPS) is 30.9. The summed E-state index contributed by atoms with van der Waals surface area (Å²) < 4.78 is -1.37. The molecule has 1 unspecified atom stereocenters. The predicted molar refractivity (Wildman–Crippen MR) is 163 cm³/mol. The molecule has 3 amide bonds. The summed E-state index contributed by atoms with van der Waals surface area (Å²) in [5.74, 6) is -1.19. The molecule has 4 aliphatic heterocycles. The molecule has 0 aromatic heterocycles. The van der Waals surface area contributed by atoms with E-state index in [2.05, 4.69) is 38.2 Å². The Labute approximate surface area is 249 Å². The van der Waals surface area contributed by atoms with Gasteiger partial charge in [0.1, 0.15) is 6.04 Å². The summed E-state index contributed by atoms with van der Waals surface area (Å²) in [4.78, 5) is 48.9. The smallest absolute Gasteiger partial charge is 0.247 e. The van der Waals surface area contributed by atoms with E-state index in [4.69, 9.17) is 0 Å². The van der Waals surface area contributed by atoms with Crippen molar-refractivity contribution in [2.45, 2.75) is 80.9 Å². The van der Waals surface area contributed by atoms with Gasteiger partial charge in [-0.1, -0.05) is 87.2 Å². The van der Waals surface area contributed by atoms with Crippen molar-refractivity contribution in [1.29, 1.82) is 0 Å². The van der Waals surface area contributed by atoms with E-state index >= 15 is 0 Å². The first kappa shape index (κ1) is 29.9. The highest BCUT2D eigenvalue weighted by atomic mass is 32.2. The van der Waals surface area contributed by atoms with Crippen molar-refractivity contribution in [2.24, 2.45) is 11.8 Å². The number of hydrogen-bond acceptors (Lipinski definition) is 5. The minimum atomic E-state index is -0.784. The van der Waals surface area contributed by atoms with E-state index in [1.807, 2.05) is 45.0 Å². The van der Waals surface area contributed by atoms with Crippen LogP contribution in [-0.2, 0) is 20.9 Å². The highest BCUT2D eigenvalue weighted by molar-refractivity contribution is 8.02. The Morgan fingerprint density at radius 3 is 2.29 bits per heavy atom. The molecule has 41 heavy (non-hydrogen) atoms. The first-order chi connectivity index (χ1) is 19.9. The number of rotatable bonds is 12. The van der Waals surface area contributed by atoms with Crippen LogP contribution in [0.3, 0.4) is 0 Å². The first-order valence-electron chi connectivity index (χ1n) is 15.4. The third kappa shape index (κ3) is 5.62. The highest BCUT2D eigenvalue weighted by Crippen LogP contribution is 2.65. The van der Waals surface area contributed by atoms with E-state index in [0.717, 1.165) is 50.5 Å². The molecule has 222 valence electrons. The number of amides is 3. The average molecular weight is 580 g/mol. The third-order valence-corrected chi connectivity index (χ3v) is 11.1. The Kier molecular flexibility index (Phi) is 9.29. The van der Waals surface area contributed by atoms with Crippen molar-refractivity contribution in [1.82, 2.24) is 14.7 Å². The minimum absolute atomic E-state index is 0.00229. The van der Waals surface area contributed by atoms with Crippen molar-refractivity contribution in [3.8, 4) is 0 Å². The van der Waals surface area contributed by atoms with E-state index in [-0.39, 0.29) is 24.3 Å². The lowest BCUT2D eigenvalue weighted by Crippen LogP contribution is -2.53. The van der Waals surface area contributed by atoms with E-state index in [9.17, 15) is 19.5 Å². The molecule has 4 heterocycles. The van der Waals surface area contributed by atoms with Crippen LogP contribution in [0.25, 0.3) is 0 Å². The zero-order chi connectivity index (χ0) is 29.0. The van der Waals surface area contributed by atoms with Gasteiger partial charge in [0.05, 0.1) is 16.6 Å². The highest BCUT2D eigenvalue weighted by Gasteiger charge is 2.73. The molecule has 0 bridgehead atoms. The number of benzene rings is 1. The lowest BCUT2D eigenvalue weighted by Gasteiger charge is -2.37. The lowest BCUT2D eigenvalue weighted by molar-refractivity contribution is -0.145. The molecule has 5 atom stereocenters. The second-order valence-electron chi connectivity index (χ2n) is 12.2. The number of carbonyl (C=O) groups excluding carboxylic acids is 3. The molecule has 5 rings (SSSR count). The zero-order valence-electron chi connectivity index (χ0n) is 24.5. The molecule has 0 aliphatic carbocycles. The summed E-state index contributed by atoms with van der Waals surface area (Å²) in [5.41, 5.74) is 1.06. The fourth-order valence-corrected chi connectivity index (χ4v) is 9.46. The Balaban J connectivity index is 1.49. The van der Waals surface area contributed by atoms with Gasteiger partial charge in [-0.15, -0.1) is 11.8 Å². The van der Waals surface area contributed by atoms with Crippen LogP contribution in [0.2, 0.25) is 0 Å². The summed E-state index contributed by atoms with van der Waals surface area (Å²) in [6, 6.07) is 9.38. The number of aliphatic hydroxyl groups is 1. The maximum atomic E-state index is 14.5. The molecule has 1 spiro atoms. The minimum Gasteiger partial charge on any atom is -0.396 e. The molecule has 2 saturated heterocycles. The van der Waals surface area contributed by atoms with Crippen LogP contribution in [0.1, 0.15) is 64.4 Å². The number of nitrogens with zero attached hydrogens (tertiary/aromatic N) is 3. The van der Waals surface area contributed by atoms with Crippen LogP contribution >= 0.6 is 11.8 Å². The Morgan fingerprint density at radius 1 is 0.829 bits per heavy atom. The zero-order valence-corrected chi connectivity index (χ0v) is 25.4. The molecule has 8 heteroatoms. The standard InChI is InChI=1S/C33H45N3O4S/c1-3-4-10-19-34-20-14-18-33-27(30(39)36(28(33)31(34)40)22-11-5-6-12-23-37)26-29(38)35(21-13-17-32(26,2)41-33)24-25-15-8-7-9-16-25/h7-9,13-18,26-28,37H,3-6,10-12,19-24H2,1-2H3/t26-,27-,28?,32+,33-/m0/s1. The van der Waals surface area contributed by atoms with Crippen molar-refractivity contribution in [2.75, 3.05) is 32.8 Å². The summed E-state index contributed by atoms with van der Waals surface area (Å²) in [5, 5.41) is 9.20. The Hall–Kier alpha value is -2.58. The van der Waals surface area contributed by atoms with Gasteiger partial charge in [-0.25, -0.2) is 0 Å². The summed E-state index contributed by atoms with van der Waals surface area (Å²) in [7, 11) is 0. The van der Waals surface area contributed by atoms with Gasteiger partial charge in [-0.3, -0.25) is 14.4 Å². The third-order valence-electron chi connectivity index (χ3n) is 9.28. The van der Waals surface area contributed by atoms with Crippen molar-refractivity contribution in [3.63, 3.8) is 0 Å². The number of unbranched alkanes of at least 4 members (excludes halogenated alkanes) is 5. The van der Waals surface area contributed by atoms with Crippen molar-refractivity contribution in [3.05, 3.63) is 60.2 Å². The van der Waals surface area contributed by atoms with Crippen LogP contribution in [0, 0.1) is 11.8 Å². The van der Waals surface area contributed by atoms with Crippen molar-refractivity contribution >= 4 is 29.5 Å². The lowest BCUT2D eigenvalue weighted by atomic mass is 9.74. The SMILES string of the molecule is CCCCCN1CC=C[C@]23S[C@]4(C)C=CCN(Cc5ccccc5)C(=O)[C@@H]4[C@H]2C(=O)N(CCCCCCO)C3C1=O. The Morgan fingerprint density at radius 2 is 1.54 bits per heavy atom. The second-order valence-corrected chi connectivity index (χ2v) is 14.0. The number of likely N-dealkylation sites (tertiary alicyclic amines) is 1. The molecule has 0 radical (unpaired) electrons. The number of thioether (sulfide) groups is 1. The van der Waals surface area contributed by atoms with E-state index in [1.165, 1.54) is 0 Å². The van der Waals surface area contributed by atoms with Crippen LogP contribution in [0.5, 0.6) is 0 Å². The Bertz CT molecular complexity index is 1170. The molecule has 0 saturated carbocycles. The van der Waals surface area contributed by atoms with Gasteiger partial charge >= 0.3 is 0 Å². The molecule has 2 fully saturated rings. The van der Waals surface area contributed by atoms with Gasteiger partial charge < -0.3 is 19.8 Å². The second kappa shape index (κ2) is 12.7. The van der Waals surface area contributed by atoms with Gasteiger partial charge in [0.2, 0.25) is 17.7 Å². The van der Waals surface area contributed by atoms with Gasteiger partial charge in [-0.05, 0) is 31.7 Å². The number of hydrogen-bond donors (Lipinski definition) is 1. The average Bonchev–Trinajstić information content (AvgIpc) is 3.23. The number of carbonyl (C=O) groups is 3. The van der Waals surface area contributed by atoms with Gasteiger partial charge in [-0.2, -0.15) is 0 Å². The summed E-state index contributed by atoms with van der Waals surface area (Å²) in [6.45, 7) is 7.13. The topological polar surface area (TPSA) is 81.2 Å². The van der Waals surface area contributed by atoms with Crippen molar-refractivity contribution < 1.29 is 19.5 Å². The predicted octanol–water partition coefficient (Wildman–Crippen LogP) is 4.41. The largest absolute Gasteiger partial charge is 0.396 e. The van der Waals surface area contributed by atoms with E-state index in [0.29, 0.717) is 32.7 Å². The quantitative estimate of drug-likeness (QED) is 0.293. The van der Waals surface area contributed by atoms with Gasteiger partial charge in [0.15, 0.2) is 0 Å². The van der Waals surface area contributed by atoms with Crippen LogP contribution in [-0.4, -0.2) is 85.8 Å². The molecule has 7 nitrogen and oxygen atoms in total. The molecule has 1 aromatic carbocycles. The fraction of sp³-hybridized carbons (Fsp3) is 0.606. The molecule has 1 N–H and O–H groups in total. The number of aliphatic hydroxyl groups excluding tert-OH is 1. The van der Waals surface area contributed by atoms with E-state index in [1.54, 1.807) is 11.8 Å². The van der Waals surface area contributed by atoms with Crippen LogP contribution in [0.15, 0.2) is 54.6 Å². The fourth-order valence-electron chi connectivity index (χ4n) is 7.31. The van der Waals surface area contributed by atoms with Gasteiger partial charge in [0.25, 0.3) is 0 Å². The molecular formula is C33H45N3O4S. The first-order valence-corrected chi connectivity index (χ1v) is 16.3. The molecule has 4 aliphatic rings. The van der Waals surface area contributed by atoms with Crippen LogP contribution in [0.4, 0.5) is 0 Å². The molecular weight excluding hydrogens is 534 g/mol. The summed E-state index contributed by atoms with van der Waals surface area (Å²) >= 11 is 1.66. The number of fused-ring (bicyclic) bond motifs is 2. The maximum Gasteiger partial charge on any atom is 0.247 e. The van der Waals surface area contributed by atoms with Crippen LogP contribution < -0.4 is 0 Å². The maximum absolute atomic E-state index is 14.5.